The van der Waals surface area contributed by atoms with Crippen LogP contribution in [0.2, 0.25) is 5.15 Å². The summed E-state index contributed by atoms with van der Waals surface area (Å²) in [5.74, 6) is 0. The number of aromatic nitrogens is 1. The zero-order chi connectivity index (χ0) is 11.4. The van der Waals surface area contributed by atoms with E-state index < -0.39 is 0 Å². The first-order chi connectivity index (χ1) is 7.79. The summed E-state index contributed by atoms with van der Waals surface area (Å²) in [4.78, 5) is 6.59. The van der Waals surface area contributed by atoms with Gasteiger partial charge in [0.2, 0.25) is 0 Å². The number of nitriles is 1. The van der Waals surface area contributed by atoms with E-state index in [1.807, 2.05) is 12.1 Å². The number of hydrogen-bond donors (Lipinski definition) is 0. The highest BCUT2D eigenvalue weighted by Gasteiger charge is 2.28. The minimum atomic E-state index is 0.536. The molecule has 0 amide bonds. The Labute approximate surface area is 101 Å². The maximum atomic E-state index is 8.61. The Morgan fingerprint density at radius 3 is 2.94 bits per heavy atom. The number of nitrogens with zero attached hydrogens (tertiary/aromatic N) is 3. The lowest BCUT2D eigenvalue weighted by Crippen LogP contribution is -2.26. The molecule has 0 spiro atoms. The third-order valence-corrected chi connectivity index (χ3v) is 2.92. The van der Waals surface area contributed by atoms with Crippen LogP contribution in [-0.2, 0) is 6.54 Å². The van der Waals surface area contributed by atoms with Gasteiger partial charge in [-0.2, -0.15) is 5.26 Å². The van der Waals surface area contributed by atoms with Crippen molar-refractivity contribution in [3.63, 3.8) is 0 Å². The second kappa shape index (κ2) is 5.29. The van der Waals surface area contributed by atoms with Crippen LogP contribution in [0.1, 0.15) is 25.0 Å². The molecule has 16 heavy (non-hydrogen) atoms. The summed E-state index contributed by atoms with van der Waals surface area (Å²) in [6.07, 6.45) is 3.06. The summed E-state index contributed by atoms with van der Waals surface area (Å²) in [7, 11) is 0. The van der Waals surface area contributed by atoms with E-state index in [4.69, 9.17) is 16.9 Å². The number of rotatable bonds is 5. The first-order valence-electron chi connectivity index (χ1n) is 5.52. The Bertz CT molecular complexity index is 395. The van der Waals surface area contributed by atoms with Crippen molar-refractivity contribution in [2.75, 3.05) is 6.54 Å². The fourth-order valence-electron chi connectivity index (χ4n) is 1.77. The van der Waals surface area contributed by atoms with Gasteiger partial charge in [-0.05, 0) is 25.0 Å². The maximum absolute atomic E-state index is 8.61. The van der Waals surface area contributed by atoms with Crippen LogP contribution in [0.15, 0.2) is 18.2 Å². The monoisotopic (exact) mass is 235 g/mol. The molecule has 0 aromatic carbocycles. The second-order valence-electron chi connectivity index (χ2n) is 4.06. The molecule has 1 aromatic heterocycles. The van der Waals surface area contributed by atoms with E-state index in [0.717, 1.165) is 18.8 Å². The second-order valence-corrected chi connectivity index (χ2v) is 4.45. The molecule has 3 nitrogen and oxygen atoms in total. The van der Waals surface area contributed by atoms with Gasteiger partial charge in [0, 0.05) is 25.6 Å². The minimum Gasteiger partial charge on any atom is -0.294 e. The molecule has 0 N–H and O–H groups in total. The molecule has 84 valence electrons. The molecule has 1 aromatic rings. The molecule has 0 unspecified atom stereocenters. The molecule has 1 aliphatic rings. The quantitative estimate of drug-likeness (QED) is 0.737. The molecule has 2 rings (SSSR count). The molecule has 4 heteroatoms. The van der Waals surface area contributed by atoms with Gasteiger partial charge < -0.3 is 0 Å². The van der Waals surface area contributed by atoms with Gasteiger partial charge in [0.15, 0.2) is 0 Å². The lowest BCUT2D eigenvalue weighted by Gasteiger charge is -2.19. The van der Waals surface area contributed by atoms with E-state index in [1.165, 1.54) is 12.8 Å². The number of hydrogen-bond acceptors (Lipinski definition) is 3. The van der Waals surface area contributed by atoms with E-state index in [-0.39, 0.29) is 0 Å². The average Bonchev–Trinajstić information content (AvgIpc) is 3.08. The fourth-order valence-corrected chi connectivity index (χ4v) is 1.95. The van der Waals surface area contributed by atoms with Crippen LogP contribution in [0, 0.1) is 11.3 Å². The normalized spacial score (nSPS) is 15.1. The van der Waals surface area contributed by atoms with E-state index in [0.29, 0.717) is 17.6 Å². The predicted octanol–water partition coefficient (Wildman–Crippen LogP) is 2.61. The van der Waals surface area contributed by atoms with E-state index in [1.54, 1.807) is 6.07 Å². The molecule has 1 fully saturated rings. The largest absolute Gasteiger partial charge is 0.294 e. The van der Waals surface area contributed by atoms with Crippen molar-refractivity contribution in [1.29, 1.82) is 5.26 Å². The van der Waals surface area contributed by atoms with Crippen molar-refractivity contribution in [2.45, 2.75) is 31.8 Å². The van der Waals surface area contributed by atoms with E-state index in [2.05, 4.69) is 16.0 Å². The van der Waals surface area contributed by atoms with Crippen molar-refractivity contribution in [3.05, 3.63) is 29.0 Å². The predicted molar refractivity (Wildman–Crippen MR) is 62.9 cm³/mol. The highest BCUT2D eigenvalue weighted by molar-refractivity contribution is 6.29. The molecule has 1 heterocycles. The third-order valence-electron chi connectivity index (χ3n) is 2.71. The summed E-state index contributed by atoms with van der Waals surface area (Å²) in [6, 6.07) is 8.51. The van der Waals surface area contributed by atoms with Crippen molar-refractivity contribution in [2.24, 2.45) is 0 Å². The van der Waals surface area contributed by atoms with Gasteiger partial charge in [-0.3, -0.25) is 4.90 Å². The van der Waals surface area contributed by atoms with Crippen LogP contribution in [0.5, 0.6) is 0 Å². The zero-order valence-corrected chi connectivity index (χ0v) is 9.82. The highest BCUT2D eigenvalue weighted by atomic mass is 35.5. The summed E-state index contributed by atoms with van der Waals surface area (Å²) in [5.41, 5.74) is 0.984. The van der Waals surface area contributed by atoms with Gasteiger partial charge in [-0.15, -0.1) is 0 Å². The summed E-state index contributed by atoms with van der Waals surface area (Å²) < 4.78 is 0. The Balaban J connectivity index is 1.97. The molecule has 0 atom stereocenters. The van der Waals surface area contributed by atoms with Gasteiger partial charge in [-0.1, -0.05) is 17.7 Å². The Morgan fingerprint density at radius 1 is 1.50 bits per heavy atom. The molecule has 1 saturated carbocycles. The Kier molecular flexibility index (Phi) is 3.76. The summed E-state index contributed by atoms with van der Waals surface area (Å²) >= 11 is 5.85. The van der Waals surface area contributed by atoms with Gasteiger partial charge >= 0.3 is 0 Å². The van der Waals surface area contributed by atoms with Crippen LogP contribution < -0.4 is 0 Å². The number of pyridine rings is 1. The van der Waals surface area contributed by atoms with Crippen LogP contribution >= 0.6 is 11.6 Å². The van der Waals surface area contributed by atoms with Gasteiger partial charge in [0.05, 0.1) is 11.8 Å². The van der Waals surface area contributed by atoms with Crippen LogP contribution in [0.25, 0.3) is 0 Å². The first-order valence-corrected chi connectivity index (χ1v) is 5.90. The molecular formula is C12H14ClN3. The zero-order valence-electron chi connectivity index (χ0n) is 9.06. The highest BCUT2D eigenvalue weighted by Crippen LogP contribution is 2.28. The molecular weight excluding hydrogens is 222 g/mol. The van der Waals surface area contributed by atoms with Crippen molar-refractivity contribution in [3.8, 4) is 6.07 Å². The Morgan fingerprint density at radius 2 is 2.31 bits per heavy atom. The molecule has 0 bridgehead atoms. The molecule has 1 aliphatic carbocycles. The smallest absolute Gasteiger partial charge is 0.129 e. The lowest BCUT2D eigenvalue weighted by atomic mass is 10.3. The molecule has 0 radical (unpaired) electrons. The van der Waals surface area contributed by atoms with E-state index in [9.17, 15) is 0 Å². The van der Waals surface area contributed by atoms with Crippen LogP contribution in [0.3, 0.4) is 0 Å². The van der Waals surface area contributed by atoms with Crippen LogP contribution in [0.4, 0.5) is 0 Å². The third kappa shape index (κ3) is 3.19. The maximum Gasteiger partial charge on any atom is 0.129 e. The fraction of sp³-hybridized carbons (Fsp3) is 0.500. The van der Waals surface area contributed by atoms with Crippen molar-refractivity contribution >= 4 is 11.6 Å². The van der Waals surface area contributed by atoms with Crippen molar-refractivity contribution in [1.82, 2.24) is 9.88 Å². The SMILES string of the molecule is N#CCCN(Cc1cccc(Cl)n1)C1CC1. The standard InChI is InChI=1S/C12H14ClN3/c13-12-4-1-3-10(15-12)9-16(8-2-7-14)11-5-6-11/h1,3-4,11H,2,5-6,8-9H2. The average molecular weight is 236 g/mol. The van der Waals surface area contributed by atoms with Gasteiger partial charge in [-0.25, -0.2) is 4.98 Å². The first kappa shape index (κ1) is 11.4. The topological polar surface area (TPSA) is 39.9 Å². The Hall–Kier alpha value is -1.11. The minimum absolute atomic E-state index is 0.536. The summed E-state index contributed by atoms with van der Waals surface area (Å²) in [5, 5.41) is 9.15. The van der Waals surface area contributed by atoms with E-state index >= 15 is 0 Å². The lowest BCUT2D eigenvalue weighted by molar-refractivity contribution is 0.258. The molecule has 0 saturated heterocycles. The van der Waals surface area contributed by atoms with Gasteiger partial charge in [0.1, 0.15) is 5.15 Å². The number of halogens is 1. The van der Waals surface area contributed by atoms with Crippen LogP contribution in [-0.4, -0.2) is 22.5 Å². The molecule has 0 aliphatic heterocycles. The summed E-state index contributed by atoms with van der Waals surface area (Å²) in [6.45, 7) is 1.63. The van der Waals surface area contributed by atoms with Crippen molar-refractivity contribution < 1.29 is 0 Å². The van der Waals surface area contributed by atoms with Gasteiger partial charge in [0.25, 0.3) is 0 Å².